The van der Waals surface area contributed by atoms with Gasteiger partial charge in [-0.05, 0) is 32.2 Å². The van der Waals surface area contributed by atoms with Gasteiger partial charge in [-0.15, -0.1) is 0 Å². The van der Waals surface area contributed by atoms with E-state index in [1.165, 1.54) is 0 Å². The smallest absolute Gasteiger partial charge is 0.108 e. The summed E-state index contributed by atoms with van der Waals surface area (Å²) in [6, 6.07) is 3.80. The van der Waals surface area contributed by atoms with Crippen molar-refractivity contribution >= 4 is 11.8 Å². The highest BCUT2D eigenvalue weighted by molar-refractivity contribution is 7.99. The minimum atomic E-state index is -0.428. The molecule has 0 fully saturated rings. The van der Waals surface area contributed by atoms with E-state index in [-0.39, 0.29) is 4.75 Å². The number of hydrogen-bond donors (Lipinski definition) is 2. The molecule has 1 aromatic rings. The molecule has 0 aromatic carbocycles. The van der Waals surface area contributed by atoms with E-state index < -0.39 is 6.10 Å². The largest absolute Gasteiger partial charge is 0.385 e. The summed E-state index contributed by atoms with van der Waals surface area (Å²) in [5, 5.41) is 9.89. The molecule has 1 atom stereocenters. The lowest BCUT2D eigenvalue weighted by Gasteiger charge is -2.27. The van der Waals surface area contributed by atoms with Crippen LogP contribution >= 0.6 is 11.8 Å². The van der Waals surface area contributed by atoms with Gasteiger partial charge in [0.2, 0.25) is 0 Å². The molecule has 0 aliphatic rings. The molecular formula is C9H15NOS. The number of aromatic nitrogens is 1. The SMILES string of the molecule is CSC(C)(C)C(O)c1ccc[nH]1. The van der Waals surface area contributed by atoms with Crippen LogP contribution in [0.2, 0.25) is 0 Å². The lowest BCUT2D eigenvalue weighted by Crippen LogP contribution is -2.25. The highest BCUT2D eigenvalue weighted by Gasteiger charge is 2.28. The van der Waals surface area contributed by atoms with Crippen LogP contribution in [0.3, 0.4) is 0 Å². The molecule has 12 heavy (non-hydrogen) atoms. The van der Waals surface area contributed by atoms with Gasteiger partial charge in [0.05, 0.1) is 0 Å². The minimum Gasteiger partial charge on any atom is -0.385 e. The number of hydrogen-bond acceptors (Lipinski definition) is 2. The maximum absolute atomic E-state index is 9.89. The topological polar surface area (TPSA) is 36.0 Å². The first kappa shape index (κ1) is 9.68. The third-order valence-electron chi connectivity index (χ3n) is 2.10. The molecule has 1 unspecified atom stereocenters. The van der Waals surface area contributed by atoms with E-state index in [1.54, 1.807) is 11.8 Å². The van der Waals surface area contributed by atoms with Crippen LogP contribution in [0.25, 0.3) is 0 Å². The summed E-state index contributed by atoms with van der Waals surface area (Å²) in [7, 11) is 0. The van der Waals surface area contributed by atoms with Gasteiger partial charge in [0.1, 0.15) is 6.10 Å². The Hall–Kier alpha value is -0.410. The molecule has 1 rings (SSSR count). The summed E-state index contributed by atoms with van der Waals surface area (Å²) in [5.41, 5.74) is 0.884. The second-order valence-electron chi connectivity index (χ2n) is 3.34. The van der Waals surface area contributed by atoms with Gasteiger partial charge in [0.15, 0.2) is 0 Å². The number of rotatable bonds is 3. The van der Waals surface area contributed by atoms with Crippen molar-refractivity contribution in [1.29, 1.82) is 0 Å². The Labute approximate surface area is 77.4 Å². The van der Waals surface area contributed by atoms with Crippen molar-refractivity contribution in [3.05, 3.63) is 24.0 Å². The van der Waals surface area contributed by atoms with Gasteiger partial charge in [0, 0.05) is 16.6 Å². The Morgan fingerprint density at radius 2 is 2.25 bits per heavy atom. The lowest BCUT2D eigenvalue weighted by atomic mass is 10.0. The molecule has 0 amide bonds. The quantitative estimate of drug-likeness (QED) is 0.757. The summed E-state index contributed by atoms with van der Waals surface area (Å²) in [6.45, 7) is 4.06. The fraction of sp³-hybridized carbons (Fsp3) is 0.556. The van der Waals surface area contributed by atoms with E-state index in [9.17, 15) is 5.11 Å². The number of aliphatic hydroxyl groups is 1. The normalized spacial score (nSPS) is 14.7. The van der Waals surface area contributed by atoms with Crippen LogP contribution in [-0.2, 0) is 0 Å². The zero-order valence-corrected chi connectivity index (χ0v) is 8.48. The molecule has 0 aliphatic heterocycles. The fourth-order valence-corrected chi connectivity index (χ4v) is 1.35. The molecule has 0 radical (unpaired) electrons. The third kappa shape index (κ3) is 1.84. The molecule has 0 aliphatic carbocycles. The van der Waals surface area contributed by atoms with E-state index in [2.05, 4.69) is 4.98 Å². The minimum absolute atomic E-state index is 0.134. The second kappa shape index (κ2) is 3.54. The maximum Gasteiger partial charge on any atom is 0.108 e. The van der Waals surface area contributed by atoms with Crippen LogP contribution in [0.4, 0.5) is 0 Å². The average molecular weight is 185 g/mol. The van der Waals surface area contributed by atoms with Crippen LogP contribution < -0.4 is 0 Å². The van der Waals surface area contributed by atoms with Gasteiger partial charge in [-0.3, -0.25) is 0 Å². The Balaban J connectivity index is 2.78. The molecule has 1 aromatic heterocycles. The van der Waals surface area contributed by atoms with Crippen LogP contribution in [0.1, 0.15) is 25.6 Å². The monoisotopic (exact) mass is 185 g/mol. The van der Waals surface area contributed by atoms with Gasteiger partial charge >= 0.3 is 0 Å². The van der Waals surface area contributed by atoms with E-state index in [4.69, 9.17) is 0 Å². The molecule has 0 bridgehead atoms. The van der Waals surface area contributed by atoms with Crippen molar-refractivity contribution in [2.75, 3.05) is 6.26 Å². The summed E-state index contributed by atoms with van der Waals surface area (Å²) in [5.74, 6) is 0. The number of aromatic amines is 1. The summed E-state index contributed by atoms with van der Waals surface area (Å²) < 4.78 is -0.134. The molecule has 0 spiro atoms. The van der Waals surface area contributed by atoms with Crippen molar-refractivity contribution in [1.82, 2.24) is 4.98 Å². The van der Waals surface area contributed by atoms with Gasteiger partial charge in [-0.1, -0.05) is 0 Å². The summed E-state index contributed by atoms with van der Waals surface area (Å²) in [4.78, 5) is 3.01. The first-order valence-corrected chi connectivity index (χ1v) is 5.17. The fourth-order valence-electron chi connectivity index (χ4n) is 1.00. The van der Waals surface area contributed by atoms with Crippen LogP contribution in [0, 0.1) is 0 Å². The van der Waals surface area contributed by atoms with E-state index in [0.29, 0.717) is 0 Å². The second-order valence-corrected chi connectivity index (χ2v) is 4.80. The lowest BCUT2D eigenvalue weighted by molar-refractivity contribution is 0.140. The molecule has 0 saturated heterocycles. The molecule has 2 N–H and O–H groups in total. The standard InChI is InChI=1S/C9H15NOS/c1-9(2,12-3)8(11)7-5-4-6-10-7/h4-6,8,10-11H,1-3H3. The van der Waals surface area contributed by atoms with Crippen LogP contribution in [0.15, 0.2) is 18.3 Å². The Morgan fingerprint density at radius 1 is 1.58 bits per heavy atom. The summed E-state index contributed by atoms with van der Waals surface area (Å²) >= 11 is 1.66. The third-order valence-corrected chi connectivity index (χ3v) is 3.38. The van der Waals surface area contributed by atoms with Gasteiger partial charge in [0.25, 0.3) is 0 Å². The van der Waals surface area contributed by atoms with Crippen molar-refractivity contribution in [3.63, 3.8) is 0 Å². The van der Waals surface area contributed by atoms with Gasteiger partial charge < -0.3 is 10.1 Å². The van der Waals surface area contributed by atoms with E-state index >= 15 is 0 Å². The summed E-state index contributed by atoms with van der Waals surface area (Å²) in [6.07, 6.45) is 3.41. The average Bonchev–Trinajstić information content (AvgIpc) is 2.55. The highest BCUT2D eigenvalue weighted by atomic mass is 32.2. The number of H-pyrrole nitrogens is 1. The van der Waals surface area contributed by atoms with Gasteiger partial charge in [-0.2, -0.15) is 11.8 Å². The van der Waals surface area contributed by atoms with Crippen LogP contribution in [-0.4, -0.2) is 21.1 Å². The van der Waals surface area contributed by atoms with Crippen molar-refractivity contribution in [3.8, 4) is 0 Å². The molecule has 1 heterocycles. The predicted octanol–water partition coefficient (Wildman–Crippen LogP) is 2.19. The Kier molecular flexibility index (Phi) is 2.85. The zero-order valence-electron chi connectivity index (χ0n) is 7.66. The van der Waals surface area contributed by atoms with Crippen LogP contribution in [0.5, 0.6) is 0 Å². The first-order chi connectivity index (χ1) is 5.58. The number of aliphatic hydroxyl groups excluding tert-OH is 1. The van der Waals surface area contributed by atoms with E-state index in [0.717, 1.165) is 5.69 Å². The first-order valence-electron chi connectivity index (χ1n) is 3.94. The molecule has 2 nitrogen and oxygen atoms in total. The number of thioether (sulfide) groups is 1. The van der Waals surface area contributed by atoms with Crippen molar-refractivity contribution < 1.29 is 5.11 Å². The Bertz CT molecular complexity index is 231. The van der Waals surface area contributed by atoms with Crippen molar-refractivity contribution in [2.45, 2.75) is 24.7 Å². The van der Waals surface area contributed by atoms with E-state index in [1.807, 2.05) is 38.4 Å². The number of nitrogens with one attached hydrogen (secondary N) is 1. The molecule has 0 saturated carbocycles. The van der Waals surface area contributed by atoms with Gasteiger partial charge in [-0.25, -0.2) is 0 Å². The molecule has 3 heteroatoms. The van der Waals surface area contributed by atoms with Crippen molar-refractivity contribution in [2.24, 2.45) is 0 Å². The maximum atomic E-state index is 9.89. The zero-order chi connectivity index (χ0) is 9.19. The molecular weight excluding hydrogens is 170 g/mol. The predicted molar refractivity (Wildman–Crippen MR) is 53.3 cm³/mol. The Morgan fingerprint density at radius 3 is 2.67 bits per heavy atom. The highest BCUT2D eigenvalue weighted by Crippen LogP contribution is 2.34. The molecule has 68 valence electrons.